The van der Waals surface area contributed by atoms with Crippen molar-refractivity contribution >= 4 is 32.8 Å². The fourth-order valence-corrected chi connectivity index (χ4v) is 3.57. The van der Waals surface area contributed by atoms with Crippen LogP contribution in [0.25, 0.3) is 0 Å². The molecule has 0 spiro atoms. The van der Waals surface area contributed by atoms with Gasteiger partial charge in [-0.15, -0.1) is 11.3 Å². The van der Waals surface area contributed by atoms with Crippen LogP contribution in [0, 0.1) is 11.6 Å². The average Bonchev–Trinajstić information content (AvgIpc) is 2.77. The first-order valence-electron chi connectivity index (χ1n) is 4.65. The van der Waals surface area contributed by atoms with Crippen LogP contribution in [0.3, 0.4) is 0 Å². The Kier molecular flexibility index (Phi) is 3.65. The molecule has 0 radical (unpaired) electrons. The average molecular weight is 310 g/mol. The second kappa shape index (κ2) is 4.91. The maximum Gasteiger partial charge on any atom is 0.187 e. The summed E-state index contributed by atoms with van der Waals surface area (Å²) in [7, 11) is -3.94. The van der Waals surface area contributed by atoms with Crippen LogP contribution >= 0.6 is 22.9 Å². The number of benzene rings is 1. The Bertz CT molecular complexity index is 671. The predicted molar refractivity (Wildman–Crippen MR) is 64.4 cm³/mol. The minimum atomic E-state index is -3.94. The Hall–Kier alpha value is -1.05. The highest BCUT2D eigenvalue weighted by Gasteiger charge is 2.24. The van der Waals surface area contributed by atoms with Crippen molar-refractivity contribution in [3.8, 4) is 0 Å². The van der Waals surface area contributed by atoms with E-state index in [2.05, 4.69) is 4.98 Å². The molecule has 2 rings (SSSR count). The molecule has 0 saturated heterocycles. The van der Waals surface area contributed by atoms with Gasteiger partial charge in [-0.05, 0) is 12.1 Å². The molecular formula is C10H6ClF2NO2S2. The molecule has 0 fully saturated rings. The minimum absolute atomic E-state index is 0.305. The molecule has 0 amide bonds. The van der Waals surface area contributed by atoms with E-state index >= 15 is 0 Å². The molecule has 1 aromatic heterocycles. The molecule has 0 aliphatic rings. The highest BCUT2D eigenvalue weighted by Crippen LogP contribution is 2.27. The number of hydrogen-bond acceptors (Lipinski definition) is 4. The van der Waals surface area contributed by atoms with Crippen LogP contribution in [0.4, 0.5) is 8.78 Å². The third-order valence-corrected chi connectivity index (χ3v) is 4.80. The fourth-order valence-electron chi connectivity index (χ4n) is 1.33. The van der Waals surface area contributed by atoms with Crippen molar-refractivity contribution in [2.75, 3.05) is 0 Å². The van der Waals surface area contributed by atoms with Crippen LogP contribution in [0.1, 0.15) is 5.69 Å². The van der Waals surface area contributed by atoms with Crippen molar-refractivity contribution in [1.82, 2.24) is 4.98 Å². The molecule has 1 heterocycles. The van der Waals surface area contributed by atoms with Crippen LogP contribution in [0.15, 0.2) is 27.9 Å². The number of sulfone groups is 1. The lowest BCUT2D eigenvalue weighted by molar-refractivity contribution is 0.549. The van der Waals surface area contributed by atoms with Gasteiger partial charge in [0, 0.05) is 5.38 Å². The smallest absolute Gasteiger partial charge is 0.187 e. The van der Waals surface area contributed by atoms with E-state index in [4.69, 9.17) is 11.6 Å². The molecule has 0 atom stereocenters. The lowest BCUT2D eigenvalue weighted by Gasteiger charge is -2.05. The van der Waals surface area contributed by atoms with Gasteiger partial charge in [0.2, 0.25) is 0 Å². The van der Waals surface area contributed by atoms with Crippen LogP contribution < -0.4 is 0 Å². The van der Waals surface area contributed by atoms with Crippen molar-refractivity contribution in [1.29, 1.82) is 0 Å². The second-order valence-corrected chi connectivity index (χ2v) is 6.47. The summed E-state index contributed by atoms with van der Waals surface area (Å²) in [6, 6.07) is 1.68. The van der Waals surface area contributed by atoms with Gasteiger partial charge in [0.15, 0.2) is 15.7 Å². The van der Waals surface area contributed by atoms with Gasteiger partial charge in [0.1, 0.15) is 15.7 Å². The largest absolute Gasteiger partial charge is 0.249 e. The standard InChI is InChI=1S/C10H6ClF2NO2S2/c11-9-7(12)1-2-8(10(9)13)18(15,16)4-6-3-17-5-14-6/h1-3,5H,4H2. The fraction of sp³-hybridized carbons (Fsp3) is 0.100. The minimum Gasteiger partial charge on any atom is -0.249 e. The van der Waals surface area contributed by atoms with E-state index in [9.17, 15) is 17.2 Å². The highest BCUT2D eigenvalue weighted by molar-refractivity contribution is 7.90. The third-order valence-electron chi connectivity index (χ3n) is 2.16. The normalized spacial score (nSPS) is 11.7. The Balaban J connectivity index is 2.45. The Morgan fingerprint density at radius 3 is 2.67 bits per heavy atom. The lowest BCUT2D eigenvalue weighted by Crippen LogP contribution is -2.08. The van der Waals surface area contributed by atoms with E-state index in [1.54, 1.807) is 5.38 Å². The van der Waals surface area contributed by atoms with Crippen molar-refractivity contribution in [3.05, 3.63) is 45.4 Å². The van der Waals surface area contributed by atoms with Gasteiger partial charge in [-0.25, -0.2) is 22.2 Å². The number of hydrogen-bond donors (Lipinski definition) is 0. The van der Waals surface area contributed by atoms with Crippen molar-refractivity contribution in [2.24, 2.45) is 0 Å². The SMILES string of the molecule is O=S(=O)(Cc1cscn1)c1ccc(F)c(Cl)c1F. The van der Waals surface area contributed by atoms with E-state index < -0.39 is 37.1 Å². The molecule has 2 aromatic rings. The summed E-state index contributed by atoms with van der Waals surface area (Å²) in [6.45, 7) is 0. The number of nitrogens with zero attached hydrogens (tertiary/aromatic N) is 1. The summed E-state index contributed by atoms with van der Waals surface area (Å²) < 4.78 is 50.4. The summed E-state index contributed by atoms with van der Waals surface area (Å²) in [5.41, 5.74) is 1.78. The summed E-state index contributed by atoms with van der Waals surface area (Å²) in [4.78, 5) is 3.18. The number of halogens is 3. The number of rotatable bonds is 3. The zero-order chi connectivity index (χ0) is 13.3. The zero-order valence-corrected chi connectivity index (χ0v) is 11.1. The molecule has 0 N–H and O–H groups in total. The quantitative estimate of drug-likeness (QED) is 0.646. The molecule has 8 heteroatoms. The monoisotopic (exact) mass is 309 g/mol. The van der Waals surface area contributed by atoms with E-state index in [0.717, 1.165) is 12.1 Å². The number of aromatic nitrogens is 1. The number of thiazole rings is 1. The first kappa shape index (κ1) is 13.4. The van der Waals surface area contributed by atoms with Gasteiger partial charge < -0.3 is 0 Å². The maximum absolute atomic E-state index is 13.6. The van der Waals surface area contributed by atoms with Gasteiger partial charge in [0.25, 0.3) is 0 Å². The van der Waals surface area contributed by atoms with Crippen molar-refractivity contribution in [2.45, 2.75) is 10.6 Å². The Morgan fingerprint density at radius 1 is 1.33 bits per heavy atom. The second-order valence-electron chi connectivity index (χ2n) is 3.41. The van der Waals surface area contributed by atoms with Gasteiger partial charge in [-0.3, -0.25) is 0 Å². The molecule has 96 valence electrons. The highest BCUT2D eigenvalue weighted by atomic mass is 35.5. The molecule has 1 aromatic carbocycles. The topological polar surface area (TPSA) is 47.0 Å². The summed E-state index contributed by atoms with van der Waals surface area (Å²) in [6.07, 6.45) is 0. The summed E-state index contributed by atoms with van der Waals surface area (Å²) in [5, 5.41) is 0.718. The van der Waals surface area contributed by atoms with Gasteiger partial charge in [-0.2, -0.15) is 0 Å². The van der Waals surface area contributed by atoms with Crippen LogP contribution in [0.2, 0.25) is 5.02 Å². The molecule has 0 aliphatic carbocycles. The van der Waals surface area contributed by atoms with Crippen molar-refractivity contribution in [3.63, 3.8) is 0 Å². The lowest BCUT2D eigenvalue weighted by atomic mass is 10.3. The maximum atomic E-state index is 13.6. The van der Waals surface area contributed by atoms with Crippen molar-refractivity contribution < 1.29 is 17.2 Å². The van der Waals surface area contributed by atoms with Crippen LogP contribution in [0.5, 0.6) is 0 Å². The first-order valence-corrected chi connectivity index (χ1v) is 7.62. The van der Waals surface area contributed by atoms with E-state index in [1.165, 1.54) is 16.8 Å². The van der Waals surface area contributed by atoms with Crippen LogP contribution in [-0.2, 0) is 15.6 Å². The molecular weight excluding hydrogens is 304 g/mol. The van der Waals surface area contributed by atoms with Gasteiger partial charge >= 0.3 is 0 Å². The van der Waals surface area contributed by atoms with E-state index in [-0.39, 0.29) is 0 Å². The molecule has 0 bridgehead atoms. The summed E-state index contributed by atoms with van der Waals surface area (Å²) >= 11 is 6.57. The first-order chi connectivity index (χ1) is 8.42. The molecule has 3 nitrogen and oxygen atoms in total. The predicted octanol–water partition coefficient (Wildman–Crippen LogP) is 3.05. The molecule has 0 aliphatic heterocycles. The van der Waals surface area contributed by atoms with Gasteiger partial charge in [0.05, 0.1) is 17.0 Å². The third kappa shape index (κ3) is 2.52. The van der Waals surface area contributed by atoms with Crippen LogP contribution in [-0.4, -0.2) is 13.4 Å². The molecule has 18 heavy (non-hydrogen) atoms. The molecule has 0 unspecified atom stereocenters. The molecule has 0 saturated carbocycles. The van der Waals surface area contributed by atoms with E-state index in [1.807, 2.05) is 0 Å². The summed E-state index contributed by atoms with van der Waals surface area (Å²) in [5.74, 6) is -2.72. The Labute approximate surface area is 111 Å². The van der Waals surface area contributed by atoms with Gasteiger partial charge in [-0.1, -0.05) is 11.6 Å². The Morgan fingerprint density at radius 2 is 2.06 bits per heavy atom. The van der Waals surface area contributed by atoms with E-state index in [0.29, 0.717) is 5.69 Å². The zero-order valence-electron chi connectivity index (χ0n) is 8.73.